The first-order chi connectivity index (χ1) is 14.9. The molecule has 6 heteroatoms. The van der Waals surface area contributed by atoms with Gasteiger partial charge in [0, 0.05) is 13.3 Å². The summed E-state index contributed by atoms with van der Waals surface area (Å²) in [4.78, 5) is 36.9. The van der Waals surface area contributed by atoms with Gasteiger partial charge in [-0.25, -0.2) is 0 Å². The highest BCUT2D eigenvalue weighted by atomic mass is 16.6. The Bertz CT molecular complexity index is 490. The van der Waals surface area contributed by atoms with Crippen LogP contribution in [0.2, 0.25) is 0 Å². The predicted molar refractivity (Wildman–Crippen MR) is 123 cm³/mol. The molecule has 0 aromatic rings. The summed E-state index contributed by atoms with van der Waals surface area (Å²) in [5.41, 5.74) is 0. The van der Waals surface area contributed by atoms with Crippen molar-refractivity contribution in [3.8, 4) is 0 Å². The molecule has 0 aliphatic rings. The summed E-state index contributed by atoms with van der Waals surface area (Å²) >= 11 is 0. The molecule has 0 saturated heterocycles. The fraction of sp³-hybridized carbons (Fsp3) is 0.880. The maximum absolute atomic E-state index is 12.9. The average molecular weight is 443 g/mol. The van der Waals surface area contributed by atoms with Crippen LogP contribution >= 0.6 is 0 Å². The molecule has 2 N–H and O–H groups in total. The minimum Gasteiger partial charge on any atom is -0.452 e. The van der Waals surface area contributed by atoms with Gasteiger partial charge < -0.3 is 14.9 Å². The predicted octanol–water partition coefficient (Wildman–Crippen LogP) is 4.92. The molecule has 0 aliphatic carbocycles. The van der Waals surface area contributed by atoms with Crippen molar-refractivity contribution in [1.82, 2.24) is 0 Å². The Kier molecular flexibility index (Phi) is 18.6. The first-order valence-electron chi connectivity index (χ1n) is 12.4. The van der Waals surface area contributed by atoms with Gasteiger partial charge in [-0.2, -0.15) is 0 Å². The Labute approximate surface area is 189 Å². The van der Waals surface area contributed by atoms with E-state index in [4.69, 9.17) is 4.74 Å². The van der Waals surface area contributed by atoms with Gasteiger partial charge in [0.1, 0.15) is 11.9 Å². The van der Waals surface area contributed by atoms with E-state index in [2.05, 4.69) is 6.92 Å². The fourth-order valence-corrected chi connectivity index (χ4v) is 3.81. The molecule has 0 radical (unpaired) electrons. The highest BCUT2D eigenvalue weighted by molar-refractivity contribution is 6.05. The molecule has 6 nitrogen and oxygen atoms in total. The van der Waals surface area contributed by atoms with Gasteiger partial charge in [0.25, 0.3) is 0 Å². The van der Waals surface area contributed by atoms with Crippen molar-refractivity contribution in [1.29, 1.82) is 0 Å². The summed E-state index contributed by atoms with van der Waals surface area (Å²) in [6.07, 6.45) is 12.3. The number of hydrogen-bond acceptors (Lipinski definition) is 6. The minimum atomic E-state index is -1.52. The van der Waals surface area contributed by atoms with Crippen LogP contribution in [0.3, 0.4) is 0 Å². The van der Waals surface area contributed by atoms with E-state index in [1.54, 1.807) is 0 Å². The Morgan fingerprint density at radius 3 is 1.71 bits per heavy atom. The van der Waals surface area contributed by atoms with Gasteiger partial charge in [-0.3, -0.25) is 14.4 Å². The second-order valence-corrected chi connectivity index (χ2v) is 8.63. The third kappa shape index (κ3) is 14.4. The van der Waals surface area contributed by atoms with Gasteiger partial charge in [-0.05, 0) is 12.8 Å². The number of rotatable bonds is 21. The summed E-state index contributed by atoms with van der Waals surface area (Å²) in [7, 11) is 0. The molecule has 0 heterocycles. The Morgan fingerprint density at radius 2 is 1.26 bits per heavy atom. The van der Waals surface area contributed by atoms with E-state index >= 15 is 0 Å². The van der Waals surface area contributed by atoms with E-state index in [0.717, 1.165) is 32.6 Å². The molecule has 3 unspecified atom stereocenters. The van der Waals surface area contributed by atoms with Crippen LogP contribution in [-0.2, 0) is 19.1 Å². The number of ketones is 2. The summed E-state index contributed by atoms with van der Waals surface area (Å²) in [5, 5.41) is 19.1. The number of unbranched alkanes of at least 4 members (excludes halogenated alkanes) is 11. The zero-order valence-corrected chi connectivity index (χ0v) is 20.1. The number of ether oxygens (including phenoxy) is 1. The lowest BCUT2D eigenvalue weighted by molar-refractivity contribution is -0.164. The van der Waals surface area contributed by atoms with E-state index < -0.39 is 36.5 Å². The van der Waals surface area contributed by atoms with Gasteiger partial charge in [0.2, 0.25) is 0 Å². The maximum Gasteiger partial charge on any atom is 0.303 e. The van der Waals surface area contributed by atoms with Gasteiger partial charge >= 0.3 is 5.97 Å². The number of Topliss-reactive ketones (excluding diaryl/α,β-unsaturated/α-hetero) is 2. The summed E-state index contributed by atoms with van der Waals surface area (Å²) in [6, 6.07) is 0. The second-order valence-electron chi connectivity index (χ2n) is 8.63. The number of esters is 1. The van der Waals surface area contributed by atoms with E-state index in [-0.39, 0.29) is 5.78 Å². The van der Waals surface area contributed by atoms with Crippen LogP contribution in [0.15, 0.2) is 0 Å². The molecule has 0 rings (SSSR count). The van der Waals surface area contributed by atoms with Gasteiger partial charge in [-0.15, -0.1) is 0 Å². The number of carbonyl (C=O) groups is 3. The molecule has 0 aliphatic heterocycles. The van der Waals surface area contributed by atoms with Gasteiger partial charge in [0.05, 0.1) is 12.5 Å². The van der Waals surface area contributed by atoms with Crippen LogP contribution in [0.25, 0.3) is 0 Å². The molecular weight excluding hydrogens is 396 g/mol. The molecule has 0 amide bonds. The fourth-order valence-electron chi connectivity index (χ4n) is 3.81. The van der Waals surface area contributed by atoms with Crippen molar-refractivity contribution in [3.63, 3.8) is 0 Å². The first-order valence-corrected chi connectivity index (χ1v) is 12.4. The monoisotopic (exact) mass is 442 g/mol. The van der Waals surface area contributed by atoms with Crippen LogP contribution in [0.4, 0.5) is 0 Å². The highest BCUT2D eigenvalue weighted by Crippen LogP contribution is 2.20. The van der Waals surface area contributed by atoms with Crippen LogP contribution in [0, 0.1) is 5.92 Å². The Balaban J connectivity index is 4.43. The standard InChI is InChI=1S/C25H46O6/c1-4-6-8-9-10-11-12-13-14-15-16-18-22(28)21(17-7-5-2)24(30)25(23(29)19-26)31-20(3)27/h21,23,25-26,29H,4-19H2,1-3H3. The van der Waals surface area contributed by atoms with Crippen molar-refractivity contribution < 1.29 is 29.3 Å². The topological polar surface area (TPSA) is 101 Å². The van der Waals surface area contributed by atoms with E-state index in [9.17, 15) is 24.6 Å². The molecule has 0 spiro atoms. The molecule has 3 atom stereocenters. The SMILES string of the molecule is CCCCCCCCCCCCCC(=O)C(CCCC)C(=O)C(OC(C)=O)C(O)CO. The number of hydrogen-bond donors (Lipinski definition) is 2. The lowest BCUT2D eigenvalue weighted by atomic mass is 9.86. The van der Waals surface area contributed by atoms with Crippen molar-refractivity contribution in [2.45, 2.75) is 129 Å². The molecular formula is C25H46O6. The molecule has 0 fully saturated rings. The lowest BCUT2D eigenvalue weighted by Gasteiger charge is -2.24. The number of aliphatic hydroxyl groups is 2. The van der Waals surface area contributed by atoms with Crippen LogP contribution < -0.4 is 0 Å². The second kappa shape index (κ2) is 19.4. The van der Waals surface area contributed by atoms with Gasteiger partial charge in [-0.1, -0.05) is 90.9 Å². The molecule has 31 heavy (non-hydrogen) atoms. The normalized spacial score (nSPS) is 14.1. The summed E-state index contributed by atoms with van der Waals surface area (Å²) in [5.74, 6) is -2.37. The average Bonchev–Trinajstić information content (AvgIpc) is 2.75. The third-order valence-corrected chi connectivity index (χ3v) is 5.72. The van der Waals surface area contributed by atoms with Gasteiger partial charge in [0.15, 0.2) is 11.9 Å². The molecule has 0 aromatic heterocycles. The van der Waals surface area contributed by atoms with Crippen molar-refractivity contribution in [3.05, 3.63) is 0 Å². The zero-order valence-electron chi connectivity index (χ0n) is 20.1. The van der Waals surface area contributed by atoms with Crippen LogP contribution in [0.1, 0.15) is 117 Å². The lowest BCUT2D eigenvalue weighted by Crippen LogP contribution is -2.45. The Morgan fingerprint density at radius 1 is 0.774 bits per heavy atom. The van der Waals surface area contributed by atoms with Crippen molar-refractivity contribution >= 4 is 17.5 Å². The highest BCUT2D eigenvalue weighted by Gasteiger charge is 2.37. The molecule has 0 saturated carbocycles. The zero-order chi connectivity index (χ0) is 23.5. The molecule has 182 valence electrons. The van der Waals surface area contributed by atoms with E-state index in [0.29, 0.717) is 19.3 Å². The van der Waals surface area contributed by atoms with Crippen molar-refractivity contribution in [2.75, 3.05) is 6.61 Å². The van der Waals surface area contributed by atoms with E-state index in [1.165, 1.54) is 51.4 Å². The van der Waals surface area contributed by atoms with Crippen molar-refractivity contribution in [2.24, 2.45) is 5.92 Å². The largest absolute Gasteiger partial charge is 0.452 e. The van der Waals surface area contributed by atoms with Crippen LogP contribution in [-0.4, -0.2) is 46.6 Å². The smallest absolute Gasteiger partial charge is 0.303 e. The maximum atomic E-state index is 12.9. The van der Waals surface area contributed by atoms with Crippen LogP contribution in [0.5, 0.6) is 0 Å². The summed E-state index contributed by atoms with van der Waals surface area (Å²) in [6.45, 7) is 4.63. The molecule has 0 bridgehead atoms. The number of carbonyl (C=O) groups excluding carboxylic acids is 3. The van der Waals surface area contributed by atoms with E-state index in [1.807, 2.05) is 6.92 Å². The third-order valence-electron chi connectivity index (χ3n) is 5.72. The quantitative estimate of drug-likeness (QED) is 0.149. The molecule has 0 aromatic carbocycles. The summed E-state index contributed by atoms with van der Waals surface area (Å²) < 4.78 is 4.94. The minimum absolute atomic E-state index is 0.156. The number of aliphatic hydroxyl groups excluding tert-OH is 2. The Hall–Kier alpha value is -1.27. The first kappa shape index (κ1) is 29.7.